The second-order valence-corrected chi connectivity index (χ2v) is 4.15. The highest BCUT2D eigenvalue weighted by Crippen LogP contribution is 2.21. The molecule has 3 rings (SSSR count). The molecule has 0 saturated carbocycles. The SMILES string of the molecule is Cc1nnc(-c2cccc(NC(=O)c3cn[nH]c3)c2)o1. The lowest BCUT2D eigenvalue weighted by molar-refractivity contribution is 0.102. The number of nitrogens with one attached hydrogen (secondary N) is 2. The van der Waals surface area contributed by atoms with Gasteiger partial charge >= 0.3 is 0 Å². The number of aromatic amines is 1. The first-order chi connectivity index (χ1) is 9.72. The number of anilines is 1. The summed E-state index contributed by atoms with van der Waals surface area (Å²) in [6.07, 6.45) is 2.99. The number of hydrogen-bond donors (Lipinski definition) is 2. The molecule has 2 N–H and O–H groups in total. The number of H-pyrrole nitrogens is 1. The van der Waals surface area contributed by atoms with Crippen LogP contribution >= 0.6 is 0 Å². The molecule has 3 aromatic rings. The van der Waals surface area contributed by atoms with Gasteiger partial charge in [0.15, 0.2) is 0 Å². The Morgan fingerprint density at radius 3 is 2.95 bits per heavy atom. The third-order valence-corrected chi connectivity index (χ3v) is 2.65. The van der Waals surface area contributed by atoms with Crippen molar-refractivity contribution in [3.05, 3.63) is 48.1 Å². The zero-order valence-electron chi connectivity index (χ0n) is 10.6. The van der Waals surface area contributed by atoms with E-state index in [1.54, 1.807) is 25.1 Å². The minimum absolute atomic E-state index is 0.238. The Balaban J connectivity index is 1.83. The molecule has 7 nitrogen and oxygen atoms in total. The van der Waals surface area contributed by atoms with E-state index in [9.17, 15) is 4.79 Å². The quantitative estimate of drug-likeness (QED) is 0.758. The molecule has 7 heteroatoms. The maximum Gasteiger partial charge on any atom is 0.258 e. The van der Waals surface area contributed by atoms with Crippen molar-refractivity contribution < 1.29 is 9.21 Å². The van der Waals surface area contributed by atoms with Gasteiger partial charge in [0.2, 0.25) is 11.8 Å². The Labute approximate surface area is 114 Å². The molecule has 0 aliphatic carbocycles. The van der Waals surface area contributed by atoms with Crippen LogP contribution in [0.3, 0.4) is 0 Å². The fourth-order valence-corrected chi connectivity index (χ4v) is 1.72. The van der Waals surface area contributed by atoms with E-state index in [1.165, 1.54) is 12.4 Å². The van der Waals surface area contributed by atoms with Crippen molar-refractivity contribution in [3.63, 3.8) is 0 Å². The highest BCUT2D eigenvalue weighted by atomic mass is 16.4. The Bertz CT molecular complexity index is 733. The van der Waals surface area contributed by atoms with Crippen LogP contribution in [0.25, 0.3) is 11.5 Å². The monoisotopic (exact) mass is 269 g/mol. The second kappa shape index (κ2) is 4.96. The first kappa shape index (κ1) is 12.1. The number of aromatic nitrogens is 4. The van der Waals surface area contributed by atoms with Crippen LogP contribution in [-0.2, 0) is 0 Å². The number of hydrogen-bond acceptors (Lipinski definition) is 5. The molecule has 1 amide bonds. The largest absolute Gasteiger partial charge is 0.421 e. The van der Waals surface area contributed by atoms with E-state index >= 15 is 0 Å². The van der Waals surface area contributed by atoms with E-state index < -0.39 is 0 Å². The summed E-state index contributed by atoms with van der Waals surface area (Å²) in [4.78, 5) is 11.9. The highest BCUT2D eigenvalue weighted by Gasteiger charge is 2.09. The van der Waals surface area contributed by atoms with E-state index in [-0.39, 0.29) is 5.91 Å². The zero-order valence-corrected chi connectivity index (χ0v) is 10.6. The summed E-state index contributed by atoms with van der Waals surface area (Å²) in [5, 5.41) is 16.8. The Morgan fingerprint density at radius 1 is 1.35 bits per heavy atom. The molecule has 0 spiro atoms. The van der Waals surface area contributed by atoms with E-state index in [2.05, 4.69) is 25.7 Å². The van der Waals surface area contributed by atoms with Gasteiger partial charge < -0.3 is 9.73 Å². The first-order valence-corrected chi connectivity index (χ1v) is 5.93. The molecular weight excluding hydrogens is 258 g/mol. The van der Waals surface area contributed by atoms with Gasteiger partial charge in [0.25, 0.3) is 5.91 Å². The molecule has 0 unspecified atom stereocenters. The molecule has 1 aromatic carbocycles. The van der Waals surface area contributed by atoms with Gasteiger partial charge in [-0.1, -0.05) is 6.07 Å². The number of nitrogens with zero attached hydrogens (tertiary/aromatic N) is 3. The van der Waals surface area contributed by atoms with Crippen molar-refractivity contribution in [2.45, 2.75) is 6.92 Å². The van der Waals surface area contributed by atoms with Crippen molar-refractivity contribution in [2.75, 3.05) is 5.32 Å². The lowest BCUT2D eigenvalue weighted by atomic mass is 10.2. The van der Waals surface area contributed by atoms with Gasteiger partial charge in [-0.25, -0.2) is 0 Å². The Kier molecular flexibility index (Phi) is 3.00. The van der Waals surface area contributed by atoms with Gasteiger partial charge in [-0.15, -0.1) is 10.2 Å². The fourth-order valence-electron chi connectivity index (χ4n) is 1.72. The number of amides is 1. The van der Waals surface area contributed by atoms with Crippen LogP contribution in [0.2, 0.25) is 0 Å². The maximum atomic E-state index is 11.9. The van der Waals surface area contributed by atoms with E-state index in [1.807, 2.05) is 6.07 Å². The standard InChI is InChI=1S/C13H11N5O2/c1-8-17-18-13(20-8)9-3-2-4-11(5-9)16-12(19)10-6-14-15-7-10/h2-7H,1H3,(H,14,15)(H,16,19). The zero-order chi connectivity index (χ0) is 13.9. The number of benzene rings is 1. The molecule has 0 fully saturated rings. The van der Waals surface area contributed by atoms with Crippen molar-refractivity contribution in [1.82, 2.24) is 20.4 Å². The Morgan fingerprint density at radius 2 is 2.25 bits per heavy atom. The predicted molar refractivity (Wildman–Crippen MR) is 71.0 cm³/mol. The molecule has 2 aromatic heterocycles. The van der Waals surface area contributed by atoms with Crippen molar-refractivity contribution in [3.8, 4) is 11.5 Å². The third kappa shape index (κ3) is 2.41. The molecule has 0 radical (unpaired) electrons. The van der Waals surface area contributed by atoms with Gasteiger partial charge in [0.05, 0.1) is 11.8 Å². The van der Waals surface area contributed by atoms with Crippen LogP contribution in [0, 0.1) is 6.92 Å². The van der Waals surface area contributed by atoms with E-state index in [4.69, 9.17) is 4.42 Å². The van der Waals surface area contributed by atoms with Crippen LogP contribution < -0.4 is 5.32 Å². The van der Waals surface area contributed by atoms with E-state index in [0.29, 0.717) is 23.0 Å². The van der Waals surface area contributed by atoms with Crippen LogP contribution in [0.4, 0.5) is 5.69 Å². The minimum Gasteiger partial charge on any atom is -0.421 e. The van der Waals surface area contributed by atoms with Gasteiger partial charge in [0, 0.05) is 24.4 Å². The molecule has 0 atom stereocenters. The summed E-state index contributed by atoms with van der Waals surface area (Å²) in [7, 11) is 0. The van der Waals surface area contributed by atoms with Crippen LogP contribution in [0.5, 0.6) is 0 Å². The van der Waals surface area contributed by atoms with Crippen LogP contribution in [0.15, 0.2) is 41.1 Å². The molecule has 2 heterocycles. The third-order valence-electron chi connectivity index (χ3n) is 2.65. The summed E-state index contributed by atoms with van der Waals surface area (Å²) < 4.78 is 5.35. The van der Waals surface area contributed by atoms with Gasteiger partial charge in [-0.2, -0.15) is 5.10 Å². The number of aryl methyl sites for hydroxylation is 1. The number of carbonyl (C=O) groups excluding carboxylic acids is 1. The van der Waals surface area contributed by atoms with Crippen molar-refractivity contribution >= 4 is 11.6 Å². The second-order valence-electron chi connectivity index (χ2n) is 4.15. The number of carbonyl (C=O) groups is 1. The molecule has 0 aliphatic heterocycles. The molecule has 0 aliphatic rings. The number of rotatable bonds is 3. The molecule has 20 heavy (non-hydrogen) atoms. The van der Waals surface area contributed by atoms with Gasteiger partial charge in [0.1, 0.15) is 0 Å². The highest BCUT2D eigenvalue weighted by molar-refractivity contribution is 6.04. The molecule has 0 bridgehead atoms. The first-order valence-electron chi connectivity index (χ1n) is 5.93. The lowest BCUT2D eigenvalue weighted by Gasteiger charge is -2.04. The molecular formula is C13H11N5O2. The lowest BCUT2D eigenvalue weighted by Crippen LogP contribution is -2.10. The maximum absolute atomic E-state index is 11.9. The smallest absolute Gasteiger partial charge is 0.258 e. The summed E-state index contributed by atoms with van der Waals surface area (Å²) >= 11 is 0. The average molecular weight is 269 g/mol. The Hall–Kier alpha value is -2.96. The summed E-state index contributed by atoms with van der Waals surface area (Å²) in [5.41, 5.74) is 1.85. The normalized spacial score (nSPS) is 10.4. The summed E-state index contributed by atoms with van der Waals surface area (Å²) in [5.74, 6) is 0.673. The minimum atomic E-state index is -0.238. The van der Waals surface area contributed by atoms with E-state index in [0.717, 1.165) is 5.56 Å². The van der Waals surface area contributed by atoms with Crippen molar-refractivity contribution in [1.29, 1.82) is 0 Å². The van der Waals surface area contributed by atoms with Crippen LogP contribution in [-0.4, -0.2) is 26.3 Å². The van der Waals surface area contributed by atoms with Gasteiger partial charge in [-0.3, -0.25) is 9.89 Å². The summed E-state index contributed by atoms with van der Waals surface area (Å²) in [6, 6.07) is 7.19. The molecule has 0 saturated heterocycles. The predicted octanol–water partition coefficient (Wildman–Crippen LogP) is 2.02. The summed E-state index contributed by atoms with van der Waals surface area (Å²) in [6.45, 7) is 1.72. The molecule has 100 valence electrons. The topological polar surface area (TPSA) is 96.7 Å². The average Bonchev–Trinajstić information content (AvgIpc) is 3.10. The van der Waals surface area contributed by atoms with Gasteiger partial charge in [-0.05, 0) is 18.2 Å². The van der Waals surface area contributed by atoms with Crippen LogP contribution in [0.1, 0.15) is 16.2 Å². The van der Waals surface area contributed by atoms with Crippen molar-refractivity contribution in [2.24, 2.45) is 0 Å². The fraction of sp³-hybridized carbons (Fsp3) is 0.0769.